The lowest BCUT2D eigenvalue weighted by Crippen LogP contribution is -2.43. The highest BCUT2D eigenvalue weighted by atomic mass is 32.2. The highest BCUT2D eigenvalue weighted by Crippen LogP contribution is 2.37. The molecule has 2 nitrogen and oxygen atoms in total. The van der Waals surface area contributed by atoms with Gasteiger partial charge in [0.2, 0.25) is 0 Å². The zero-order valence-corrected chi connectivity index (χ0v) is 12.9. The summed E-state index contributed by atoms with van der Waals surface area (Å²) in [5.41, 5.74) is 1.19. The standard InChI is InChI=1S/C18H18O2S/c1-18(16(19)10-5-11-17(18)20)21-12-14-8-4-7-13-6-2-3-9-15(13)14/h2-4,6-9H,5,10-12H2,1H3. The van der Waals surface area contributed by atoms with Crippen molar-refractivity contribution in [2.24, 2.45) is 0 Å². The summed E-state index contributed by atoms with van der Waals surface area (Å²) >= 11 is 1.48. The first-order valence-corrected chi connectivity index (χ1v) is 8.27. The lowest BCUT2D eigenvalue weighted by atomic mass is 9.87. The van der Waals surface area contributed by atoms with E-state index in [9.17, 15) is 9.59 Å². The van der Waals surface area contributed by atoms with Crippen molar-refractivity contribution in [3.63, 3.8) is 0 Å². The number of carbonyl (C=O) groups is 2. The summed E-state index contributed by atoms with van der Waals surface area (Å²) in [6, 6.07) is 14.4. The van der Waals surface area contributed by atoms with Gasteiger partial charge >= 0.3 is 0 Å². The number of hydrogen-bond donors (Lipinski definition) is 0. The van der Waals surface area contributed by atoms with E-state index in [0.717, 1.165) is 0 Å². The van der Waals surface area contributed by atoms with Crippen LogP contribution in [0.2, 0.25) is 0 Å². The Morgan fingerprint density at radius 2 is 1.67 bits per heavy atom. The predicted octanol–water partition coefficient (Wildman–Crippen LogP) is 4.15. The van der Waals surface area contributed by atoms with Gasteiger partial charge in [-0.05, 0) is 29.7 Å². The molecule has 0 radical (unpaired) electrons. The van der Waals surface area contributed by atoms with E-state index in [-0.39, 0.29) is 11.6 Å². The molecule has 0 heterocycles. The summed E-state index contributed by atoms with van der Waals surface area (Å²) in [6.07, 6.45) is 1.78. The summed E-state index contributed by atoms with van der Waals surface area (Å²) < 4.78 is -0.852. The maximum atomic E-state index is 12.2. The Morgan fingerprint density at radius 3 is 2.43 bits per heavy atom. The molecule has 0 amide bonds. The molecular formula is C18H18O2S. The molecule has 3 heteroatoms. The maximum absolute atomic E-state index is 12.2. The van der Waals surface area contributed by atoms with Crippen LogP contribution >= 0.6 is 11.8 Å². The van der Waals surface area contributed by atoms with Gasteiger partial charge in [0, 0.05) is 18.6 Å². The molecule has 0 unspecified atom stereocenters. The molecule has 3 rings (SSSR count). The van der Waals surface area contributed by atoms with E-state index in [1.807, 2.05) is 18.2 Å². The van der Waals surface area contributed by atoms with E-state index in [1.54, 1.807) is 6.92 Å². The van der Waals surface area contributed by atoms with Crippen LogP contribution in [0.5, 0.6) is 0 Å². The largest absolute Gasteiger partial charge is 0.298 e. The van der Waals surface area contributed by atoms with E-state index in [1.165, 1.54) is 28.1 Å². The Bertz CT molecular complexity index is 684. The topological polar surface area (TPSA) is 34.1 Å². The third-order valence-corrected chi connectivity index (χ3v) is 5.76. The number of thioether (sulfide) groups is 1. The minimum absolute atomic E-state index is 0.0870. The van der Waals surface area contributed by atoms with Gasteiger partial charge in [0.1, 0.15) is 4.75 Å². The van der Waals surface area contributed by atoms with Gasteiger partial charge in [-0.3, -0.25) is 9.59 Å². The molecule has 1 saturated carbocycles. The van der Waals surface area contributed by atoms with Crippen LogP contribution < -0.4 is 0 Å². The average Bonchev–Trinajstić information content (AvgIpc) is 2.51. The normalized spacial score (nSPS) is 18.1. The van der Waals surface area contributed by atoms with Crippen LogP contribution in [0.1, 0.15) is 31.7 Å². The fraction of sp³-hybridized carbons (Fsp3) is 0.333. The lowest BCUT2D eigenvalue weighted by Gasteiger charge is -2.30. The van der Waals surface area contributed by atoms with Crippen LogP contribution in [0.3, 0.4) is 0 Å². The van der Waals surface area contributed by atoms with Crippen LogP contribution in [-0.4, -0.2) is 16.3 Å². The summed E-state index contributed by atoms with van der Waals surface area (Å²) in [4.78, 5) is 24.3. The van der Waals surface area contributed by atoms with Crippen LogP contribution in [0.25, 0.3) is 10.8 Å². The van der Waals surface area contributed by atoms with Gasteiger partial charge in [-0.2, -0.15) is 0 Å². The van der Waals surface area contributed by atoms with Gasteiger partial charge in [-0.15, -0.1) is 11.8 Å². The molecule has 0 aromatic heterocycles. The van der Waals surface area contributed by atoms with Gasteiger partial charge in [0.05, 0.1) is 0 Å². The minimum atomic E-state index is -0.852. The summed E-state index contributed by atoms with van der Waals surface area (Å²) in [5, 5.41) is 2.40. The first kappa shape index (κ1) is 14.3. The van der Waals surface area contributed by atoms with Crippen molar-refractivity contribution in [2.45, 2.75) is 36.7 Å². The van der Waals surface area contributed by atoms with E-state index >= 15 is 0 Å². The molecule has 21 heavy (non-hydrogen) atoms. The second-order valence-electron chi connectivity index (χ2n) is 5.66. The van der Waals surface area contributed by atoms with Crippen molar-refractivity contribution >= 4 is 34.1 Å². The summed E-state index contributed by atoms with van der Waals surface area (Å²) in [7, 11) is 0. The van der Waals surface area contributed by atoms with E-state index in [0.29, 0.717) is 25.0 Å². The number of ketones is 2. The van der Waals surface area contributed by atoms with Gasteiger partial charge in [0.15, 0.2) is 11.6 Å². The molecule has 1 aliphatic rings. The molecule has 0 spiro atoms. The number of hydrogen-bond acceptors (Lipinski definition) is 3. The smallest absolute Gasteiger partial charge is 0.156 e. The highest BCUT2D eigenvalue weighted by molar-refractivity contribution is 8.01. The van der Waals surface area contributed by atoms with Crippen molar-refractivity contribution in [3.8, 4) is 0 Å². The number of fused-ring (bicyclic) bond motifs is 1. The minimum Gasteiger partial charge on any atom is -0.298 e. The zero-order valence-electron chi connectivity index (χ0n) is 12.1. The molecule has 0 bridgehead atoms. The third kappa shape index (κ3) is 2.62. The fourth-order valence-corrected chi connectivity index (χ4v) is 4.07. The number of rotatable bonds is 3. The third-order valence-electron chi connectivity index (χ3n) is 4.27. The summed E-state index contributed by atoms with van der Waals surface area (Å²) in [5.74, 6) is 0.864. The molecule has 1 fully saturated rings. The second kappa shape index (κ2) is 5.64. The van der Waals surface area contributed by atoms with Gasteiger partial charge < -0.3 is 0 Å². The fourth-order valence-electron chi connectivity index (χ4n) is 2.84. The van der Waals surface area contributed by atoms with Crippen LogP contribution in [-0.2, 0) is 15.3 Å². The van der Waals surface area contributed by atoms with Crippen molar-refractivity contribution in [1.82, 2.24) is 0 Å². The number of Topliss-reactive ketones (excluding diaryl/α,β-unsaturated/α-hetero) is 2. The van der Waals surface area contributed by atoms with Crippen LogP contribution in [0.4, 0.5) is 0 Å². The molecule has 0 atom stereocenters. The Hall–Kier alpha value is -1.61. The van der Waals surface area contributed by atoms with E-state index < -0.39 is 4.75 Å². The predicted molar refractivity (Wildman–Crippen MR) is 87.5 cm³/mol. The van der Waals surface area contributed by atoms with Gasteiger partial charge in [0.25, 0.3) is 0 Å². The van der Waals surface area contributed by atoms with Crippen LogP contribution in [0.15, 0.2) is 42.5 Å². The van der Waals surface area contributed by atoms with Crippen molar-refractivity contribution in [2.75, 3.05) is 0 Å². The van der Waals surface area contributed by atoms with Crippen molar-refractivity contribution in [3.05, 3.63) is 48.0 Å². The maximum Gasteiger partial charge on any atom is 0.156 e. The molecule has 0 saturated heterocycles. The van der Waals surface area contributed by atoms with Crippen molar-refractivity contribution in [1.29, 1.82) is 0 Å². The second-order valence-corrected chi connectivity index (χ2v) is 7.05. The van der Waals surface area contributed by atoms with Crippen LogP contribution in [0, 0.1) is 0 Å². The molecule has 2 aromatic carbocycles. The highest BCUT2D eigenvalue weighted by Gasteiger charge is 2.42. The van der Waals surface area contributed by atoms with Crippen molar-refractivity contribution < 1.29 is 9.59 Å². The molecule has 2 aromatic rings. The quantitative estimate of drug-likeness (QED) is 0.798. The lowest BCUT2D eigenvalue weighted by molar-refractivity contribution is -0.132. The summed E-state index contributed by atoms with van der Waals surface area (Å²) in [6.45, 7) is 1.80. The van der Waals surface area contributed by atoms with Gasteiger partial charge in [-0.1, -0.05) is 42.5 Å². The first-order chi connectivity index (χ1) is 10.1. The molecule has 0 aliphatic heterocycles. The Morgan fingerprint density at radius 1 is 1.00 bits per heavy atom. The SMILES string of the molecule is CC1(SCc2cccc3ccccc23)C(=O)CCCC1=O. The molecule has 108 valence electrons. The first-order valence-electron chi connectivity index (χ1n) is 7.28. The Labute approximate surface area is 128 Å². The van der Waals surface area contributed by atoms with E-state index in [2.05, 4.69) is 24.3 Å². The molecule has 0 N–H and O–H groups in total. The Kier molecular flexibility index (Phi) is 3.85. The Balaban J connectivity index is 1.86. The molecule has 1 aliphatic carbocycles. The van der Waals surface area contributed by atoms with Gasteiger partial charge in [-0.25, -0.2) is 0 Å². The van der Waals surface area contributed by atoms with E-state index in [4.69, 9.17) is 0 Å². The average molecular weight is 298 g/mol. The number of benzene rings is 2. The molecular weight excluding hydrogens is 280 g/mol. The monoisotopic (exact) mass is 298 g/mol. The number of carbonyl (C=O) groups excluding carboxylic acids is 2. The zero-order chi connectivity index (χ0) is 14.9.